The van der Waals surface area contributed by atoms with Crippen LogP contribution in [0.25, 0.3) is 0 Å². The third-order valence-corrected chi connectivity index (χ3v) is 3.13. The second-order valence-corrected chi connectivity index (χ2v) is 4.84. The Labute approximate surface area is 119 Å². The van der Waals surface area contributed by atoms with E-state index in [1.165, 1.54) is 5.56 Å². The summed E-state index contributed by atoms with van der Waals surface area (Å²) in [4.78, 5) is 14.0. The molecule has 0 N–H and O–H groups in total. The van der Waals surface area contributed by atoms with Crippen LogP contribution in [0, 0.1) is 18.3 Å². The van der Waals surface area contributed by atoms with Crippen molar-refractivity contribution in [2.45, 2.75) is 13.5 Å². The van der Waals surface area contributed by atoms with E-state index in [0.717, 1.165) is 5.56 Å². The van der Waals surface area contributed by atoms with Crippen molar-refractivity contribution in [3.05, 3.63) is 70.8 Å². The van der Waals surface area contributed by atoms with Gasteiger partial charge >= 0.3 is 0 Å². The number of hydrogen-bond donors (Lipinski definition) is 0. The maximum Gasteiger partial charge on any atom is 0.253 e. The third-order valence-electron chi connectivity index (χ3n) is 3.13. The lowest BCUT2D eigenvalue weighted by Gasteiger charge is -2.17. The van der Waals surface area contributed by atoms with E-state index in [0.29, 0.717) is 17.7 Å². The predicted molar refractivity (Wildman–Crippen MR) is 78.1 cm³/mol. The van der Waals surface area contributed by atoms with Gasteiger partial charge in [0.2, 0.25) is 0 Å². The molecule has 0 saturated carbocycles. The Morgan fingerprint density at radius 1 is 1.20 bits per heavy atom. The van der Waals surface area contributed by atoms with E-state index in [9.17, 15) is 4.79 Å². The van der Waals surface area contributed by atoms with E-state index in [1.54, 1.807) is 36.2 Å². The van der Waals surface area contributed by atoms with E-state index in [4.69, 9.17) is 5.26 Å². The molecule has 0 saturated heterocycles. The molecule has 0 unspecified atom stereocenters. The van der Waals surface area contributed by atoms with Gasteiger partial charge in [0.1, 0.15) is 0 Å². The summed E-state index contributed by atoms with van der Waals surface area (Å²) in [7, 11) is 1.77. The van der Waals surface area contributed by atoms with Crippen molar-refractivity contribution in [1.82, 2.24) is 4.90 Å². The quantitative estimate of drug-likeness (QED) is 0.854. The average Bonchev–Trinajstić information content (AvgIpc) is 2.48. The molecular formula is C17H16N2O. The van der Waals surface area contributed by atoms with Crippen LogP contribution < -0.4 is 0 Å². The third kappa shape index (κ3) is 3.24. The monoisotopic (exact) mass is 264 g/mol. The Morgan fingerprint density at radius 3 is 2.55 bits per heavy atom. The zero-order chi connectivity index (χ0) is 14.5. The Balaban J connectivity index is 2.12. The molecule has 20 heavy (non-hydrogen) atoms. The first kappa shape index (κ1) is 13.8. The lowest BCUT2D eigenvalue weighted by atomic mass is 10.1. The van der Waals surface area contributed by atoms with Gasteiger partial charge in [-0.1, -0.05) is 35.9 Å². The second kappa shape index (κ2) is 6.03. The Kier molecular flexibility index (Phi) is 4.17. The molecule has 3 nitrogen and oxygen atoms in total. The number of amides is 1. The van der Waals surface area contributed by atoms with Crippen LogP contribution in [0.5, 0.6) is 0 Å². The smallest absolute Gasteiger partial charge is 0.253 e. The van der Waals surface area contributed by atoms with Gasteiger partial charge in [0.15, 0.2) is 0 Å². The molecule has 0 atom stereocenters. The van der Waals surface area contributed by atoms with Crippen LogP contribution in [-0.2, 0) is 6.54 Å². The van der Waals surface area contributed by atoms with Crippen molar-refractivity contribution < 1.29 is 4.79 Å². The SMILES string of the molecule is Cc1ccc(CN(C)C(=O)c2cccc(C#N)c2)cc1. The van der Waals surface area contributed by atoms with Crippen LogP contribution in [0.2, 0.25) is 0 Å². The van der Waals surface area contributed by atoms with Crippen LogP contribution in [0.1, 0.15) is 27.0 Å². The highest BCUT2D eigenvalue weighted by atomic mass is 16.2. The number of rotatable bonds is 3. The molecule has 0 radical (unpaired) electrons. The van der Waals surface area contributed by atoms with E-state index in [2.05, 4.69) is 0 Å². The normalized spacial score (nSPS) is 9.85. The van der Waals surface area contributed by atoms with E-state index >= 15 is 0 Å². The van der Waals surface area contributed by atoms with Gasteiger partial charge in [-0.15, -0.1) is 0 Å². The maximum atomic E-state index is 12.3. The predicted octanol–water partition coefficient (Wildman–Crippen LogP) is 3.14. The molecule has 0 fully saturated rings. The van der Waals surface area contributed by atoms with Crippen LogP contribution >= 0.6 is 0 Å². The first-order valence-electron chi connectivity index (χ1n) is 6.41. The van der Waals surface area contributed by atoms with Gasteiger partial charge in [0.25, 0.3) is 5.91 Å². The molecule has 1 amide bonds. The highest BCUT2D eigenvalue weighted by Crippen LogP contribution is 2.11. The van der Waals surface area contributed by atoms with Gasteiger partial charge < -0.3 is 4.90 Å². The Morgan fingerprint density at radius 2 is 1.90 bits per heavy atom. The summed E-state index contributed by atoms with van der Waals surface area (Å²) >= 11 is 0. The van der Waals surface area contributed by atoms with Gasteiger partial charge in [-0.05, 0) is 30.7 Å². The number of nitriles is 1. The second-order valence-electron chi connectivity index (χ2n) is 4.84. The largest absolute Gasteiger partial charge is 0.337 e. The fourth-order valence-electron chi connectivity index (χ4n) is 1.98. The van der Waals surface area contributed by atoms with E-state index in [-0.39, 0.29) is 5.91 Å². The highest BCUT2D eigenvalue weighted by Gasteiger charge is 2.12. The molecule has 2 aromatic carbocycles. The molecule has 0 spiro atoms. The summed E-state index contributed by atoms with van der Waals surface area (Å²) in [6.07, 6.45) is 0. The fourth-order valence-corrected chi connectivity index (χ4v) is 1.98. The average molecular weight is 264 g/mol. The molecule has 100 valence electrons. The van der Waals surface area contributed by atoms with Crippen molar-refractivity contribution in [2.24, 2.45) is 0 Å². The van der Waals surface area contributed by atoms with Crippen LogP contribution in [-0.4, -0.2) is 17.9 Å². The van der Waals surface area contributed by atoms with Gasteiger partial charge in [-0.3, -0.25) is 4.79 Å². The zero-order valence-corrected chi connectivity index (χ0v) is 11.6. The molecule has 0 aromatic heterocycles. The minimum Gasteiger partial charge on any atom is -0.337 e. The van der Waals surface area contributed by atoms with Crippen LogP contribution in [0.3, 0.4) is 0 Å². The molecule has 0 aliphatic carbocycles. The first-order chi connectivity index (χ1) is 9.60. The topological polar surface area (TPSA) is 44.1 Å². The number of hydrogen-bond acceptors (Lipinski definition) is 2. The highest BCUT2D eigenvalue weighted by molar-refractivity contribution is 5.94. The fraction of sp³-hybridized carbons (Fsp3) is 0.176. The van der Waals surface area contributed by atoms with Crippen molar-refractivity contribution >= 4 is 5.91 Å². The zero-order valence-electron chi connectivity index (χ0n) is 11.6. The lowest BCUT2D eigenvalue weighted by Crippen LogP contribution is -2.26. The Bertz CT molecular complexity index is 653. The van der Waals surface area contributed by atoms with Crippen molar-refractivity contribution in [2.75, 3.05) is 7.05 Å². The minimum absolute atomic E-state index is 0.0809. The summed E-state index contributed by atoms with van der Waals surface area (Å²) in [5.74, 6) is -0.0809. The molecule has 0 aliphatic rings. The summed E-state index contributed by atoms with van der Waals surface area (Å²) < 4.78 is 0. The summed E-state index contributed by atoms with van der Waals surface area (Å²) in [5, 5.41) is 8.87. The molecule has 0 bridgehead atoms. The van der Waals surface area contributed by atoms with Crippen molar-refractivity contribution in [3.63, 3.8) is 0 Å². The molecule has 2 rings (SSSR count). The van der Waals surface area contributed by atoms with Crippen molar-refractivity contribution in [3.8, 4) is 6.07 Å². The van der Waals surface area contributed by atoms with Gasteiger partial charge in [0, 0.05) is 19.2 Å². The van der Waals surface area contributed by atoms with Crippen molar-refractivity contribution in [1.29, 1.82) is 5.26 Å². The number of benzene rings is 2. The summed E-state index contributed by atoms with van der Waals surface area (Å²) in [5.41, 5.74) is 3.32. The van der Waals surface area contributed by atoms with E-state index in [1.807, 2.05) is 37.3 Å². The summed E-state index contributed by atoms with van der Waals surface area (Å²) in [6.45, 7) is 2.59. The lowest BCUT2D eigenvalue weighted by molar-refractivity contribution is 0.0785. The molecule has 0 heterocycles. The Hall–Kier alpha value is -2.60. The standard InChI is InChI=1S/C17H16N2O/c1-13-6-8-14(9-7-13)12-19(2)17(20)16-5-3-4-15(10-16)11-18/h3-10H,12H2,1-2H3. The minimum atomic E-state index is -0.0809. The van der Waals surface area contributed by atoms with E-state index < -0.39 is 0 Å². The van der Waals surface area contributed by atoms with Crippen LogP contribution in [0.4, 0.5) is 0 Å². The molecule has 2 aromatic rings. The van der Waals surface area contributed by atoms with Crippen LogP contribution in [0.15, 0.2) is 48.5 Å². The first-order valence-corrected chi connectivity index (χ1v) is 6.41. The molecule has 3 heteroatoms. The number of carbonyl (C=O) groups is 1. The maximum absolute atomic E-state index is 12.3. The van der Waals surface area contributed by atoms with Gasteiger partial charge in [0.05, 0.1) is 11.6 Å². The van der Waals surface area contributed by atoms with Gasteiger partial charge in [-0.25, -0.2) is 0 Å². The number of nitrogens with zero attached hydrogens (tertiary/aromatic N) is 2. The number of carbonyl (C=O) groups excluding carboxylic acids is 1. The van der Waals surface area contributed by atoms with Gasteiger partial charge in [-0.2, -0.15) is 5.26 Å². The molecular weight excluding hydrogens is 248 g/mol. The molecule has 0 aliphatic heterocycles. The summed E-state index contributed by atoms with van der Waals surface area (Å²) in [6, 6.07) is 16.9. The number of aryl methyl sites for hydroxylation is 1.